The third kappa shape index (κ3) is 4.18. The normalized spacial score (nSPS) is 17.1. The maximum atomic E-state index is 14.0. The Balaban J connectivity index is 1.88. The molecule has 0 spiro atoms. The molecule has 3 rings (SSSR count). The van der Waals surface area contributed by atoms with Crippen LogP contribution in [0.4, 0.5) is 15.8 Å². The van der Waals surface area contributed by atoms with Gasteiger partial charge in [0.1, 0.15) is 11.2 Å². The first kappa shape index (κ1) is 20.7. The number of alkyl halides is 1. The SMILES string of the molecule is Cc1ccc(N2C(=O)CS[C@@H]2c2cccc(NC(=O)C(C)(C)CCl)c2)cc1F. The number of nitrogens with zero attached hydrogens (tertiary/aromatic N) is 1. The Labute approximate surface area is 173 Å². The van der Waals surface area contributed by atoms with Crippen LogP contribution in [0, 0.1) is 18.2 Å². The van der Waals surface area contributed by atoms with Crippen LogP contribution in [0.1, 0.15) is 30.3 Å². The second-order valence-electron chi connectivity index (χ2n) is 7.46. The van der Waals surface area contributed by atoms with Gasteiger partial charge in [0.15, 0.2) is 0 Å². The Kier molecular flexibility index (Phi) is 6.01. The fourth-order valence-electron chi connectivity index (χ4n) is 2.81. The molecule has 0 aliphatic carbocycles. The minimum absolute atomic E-state index is 0.0732. The van der Waals surface area contributed by atoms with Crippen molar-refractivity contribution in [2.45, 2.75) is 26.1 Å². The lowest BCUT2D eigenvalue weighted by Crippen LogP contribution is -2.32. The Morgan fingerprint density at radius 2 is 2.07 bits per heavy atom. The minimum Gasteiger partial charge on any atom is -0.326 e. The van der Waals surface area contributed by atoms with Gasteiger partial charge >= 0.3 is 0 Å². The summed E-state index contributed by atoms with van der Waals surface area (Å²) in [5.41, 5.74) is 1.86. The lowest BCUT2D eigenvalue weighted by molar-refractivity contribution is -0.123. The second-order valence-corrected chi connectivity index (χ2v) is 8.79. The van der Waals surface area contributed by atoms with E-state index in [-0.39, 0.29) is 28.9 Å². The van der Waals surface area contributed by atoms with Crippen molar-refractivity contribution in [2.24, 2.45) is 5.41 Å². The third-order valence-electron chi connectivity index (χ3n) is 4.68. The number of thioether (sulfide) groups is 1. The number of carbonyl (C=O) groups excluding carboxylic acids is 2. The van der Waals surface area contributed by atoms with Crippen LogP contribution < -0.4 is 10.2 Å². The molecule has 0 unspecified atom stereocenters. The number of benzene rings is 2. The predicted molar refractivity (Wildman–Crippen MR) is 113 cm³/mol. The Hall–Kier alpha value is -2.05. The largest absolute Gasteiger partial charge is 0.326 e. The quantitative estimate of drug-likeness (QED) is 0.683. The van der Waals surface area contributed by atoms with Crippen LogP contribution in [0.3, 0.4) is 0 Å². The topological polar surface area (TPSA) is 49.4 Å². The van der Waals surface area contributed by atoms with E-state index in [1.165, 1.54) is 17.8 Å². The average Bonchev–Trinajstić information content (AvgIpc) is 3.05. The number of halogens is 2. The molecule has 1 aliphatic heterocycles. The summed E-state index contributed by atoms with van der Waals surface area (Å²) >= 11 is 7.35. The maximum absolute atomic E-state index is 14.0. The third-order valence-corrected chi connectivity index (χ3v) is 6.56. The molecule has 1 saturated heterocycles. The van der Waals surface area contributed by atoms with Gasteiger partial charge in [-0.05, 0) is 56.2 Å². The number of anilines is 2. The highest BCUT2D eigenvalue weighted by molar-refractivity contribution is 8.00. The van der Waals surface area contributed by atoms with Gasteiger partial charge in [-0.3, -0.25) is 14.5 Å². The van der Waals surface area contributed by atoms with Gasteiger partial charge < -0.3 is 5.32 Å². The van der Waals surface area contributed by atoms with Crippen LogP contribution in [0.15, 0.2) is 42.5 Å². The molecular formula is C21H22ClFN2O2S. The number of nitrogens with one attached hydrogen (secondary N) is 1. The molecule has 2 amide bonds. The highest BCUT2D eigenvalue weighted by Gasteiger charge is 2.34. The molecule has 0 saturated carbocycles. The first-order valence-electron chi connectivity index (χ1n) is 8.90. The second kappa shape index (κ2) is 8.13. The first-order chi connectivity index (χ1) is 13.2. The van der Waals surface area contributed by atoms with Crippen LogP contribution in [0.25, 0.3) is 0 Å². The summed E-state index contributed by atoms with van der Waals surface area (Å²) in [6.45, 7) is 5.24. The summed E-state index contributed by atoms with van der Waals surface area (Å²) in [5.74, 6) is -0.0672. The van der Waals surface area contributed by atoms with Crippen molar-refractivity contribution in [3.63, 3.8) is 0 Å². The molecule has 1 N–H and O–H groups in total. The van der Waals surface area contributed by atoms with Gasteiger partial charge in [0.05, 0.1) is 11.2 Å². The van der Waals surface area contributed by atoms with Gasteiger partial charge in [-0.2, -0.15) is 0 Å². The van der Waals surface area contributed by atoms with Gasteiger partial charge in [-0.1, -0.05) is 18.2 Å². The summed E-state index contributed by atoms with van der Waals surface area (Å²) in [6, 6.07) is 12.2. The van der Waals surface area contributed by atoms with Crippen molar-refractivity contribution < 1.29 is 14.0 Å². The number of hydrogen-bond donors (Lipinski definition) is 1. The number of rotatable bonds is 5. The number of aryl methyl sites for hydroxylation is 1. The van der Waals surface area contributed by atoms with Gasteiger partial charge in [0, 0.05) is 17.3 Å². The molecule has 0 radical (unpaired) electrons. The fourth-order valence-corrected chi connectivity index (χ4v) is 4.10. The van der Waals surface area contributed by atoms with Crippen LogP contribution in [-0.4, -0.2) is 23.4 Å². The van der Waals surface area contributed by atoms with Crippen LogP contribution >= 0.6 is 23.4 Å². The fraction of sp³-hybridized carbons (Fsp3) is 0.333. The average molecular weight is 421 g/mol. The lowest BCUT2D eigenvalue weighted by Gasteiger charge is -2.25. The van der Waals surface area contributed by atoms with Crippen molar-refractivity contribution in [2.75, 3.05) is 21.8 Å². The molecule has 1 heterocycles. The number of hydrogen-bond acceptors (Lipinski definition) is 3. The summed E-state index contributed by atoms with van der Waals surface area (Å²) in [7, 11) is 0. The zero-order valence-electron chi connectivity index (χ0n) is 16.0. The molecule has 1 aliphatic rings. The minimum atomic E-state index is -0.693. The maximum Gasteiger partial charge on any atom is 0.238 e. The van der Waals surface area contributed by atoms with E-state index in [4.69, 9.17) is 11.6 Å². The van der Waals surface area contributed by atoms with E-state index >= 15 is 0 Å². The van der Waals surface area contributed by atoms with E-state index < -0.39 is 5.41 Å². The van der Waals surface area contributed by atoms with Crippen molar-refractivity contribution in [3.05, 3.63) is 59.4 Å². The Morgan fingerprint density at radius 3 is 2.75 bits per heavy atom. The zero-order chi connectivity index (χ0) is 20.5. The smallest absolute Gasteiger partial charge is 0.238 e. The van der Waals surface area contributed by atoms with E-state index in [1.54, 1.807) is 43.9 Å². The van der Waals surface area contributed by atoms with Crippen LogP contribution in [-0.2, 0) is 9.59 Å². The summed E-state index contributed by atoms with van der Waals surface area (Å²) in [5, 5.41) is 2.60. The molecule has 28 heavy (non-hydrogen) atoms. The summed E-state index contributed by atoms with van der Waals surface area (Å²) in [4.78, 5) is 26.5. The highest BCUT2D eigenvalue weighted by atomic mass is 35.5. The van der Waals surface area contributed by atoms with Crippen LogP contribution in [0.5, 0.6) is 0 Å². The number of amides is 2. The molecule has 148 valence electrons. The van der Waals surface area contributed by atoms with Gasteiger partial charge in [-0.25, -0.2) is 4.39 Å². The molecule has 4 nitrogen and oxygen atoms in total. The van der Waals surface area contributed by atoms with E-state index in [2.05, 4.69) is 5.32 Å². The monoisotopic (exact) mass is 420 g/mol. The molecule has 0 bridgehead atoms. The van der Waals surface area contributed by atoms with Crippen molar-refractivity contribution in [3.8, 4) is 0 Å². The molecule has 7 heteroatoms. The Morgan fingerprint density at radius 1 is 1.32 bits per heavy atom. The zero-order valence-corrected chi connectivity index (χ0v) is 17.5. The van der Waals surface area contributed by atoms with Gasteiger partial charge in [0.2, 0.25) is 11.8 Å². The van der Waals surface area contributed by atoms with E-state index in [0.717, 1.165) is 5.56 Å². The standard InChI is InChI=1S/C21H22ClFN2O2S/c1-13-7-8-16(10-17(13)23)25-18(26)11-28-19(25)14-5-4-6-15(9-14)24-20(27)21(2,3)12-22/h4-10,19H,11-12H2,1-3H3,(H,24,27)/t19-/m1/s1. The molecule has 2 aromatic carbocycles. The van der Waals surface area contributed by atoms with E-state index in [9.17, 15) is 14.0 Å². The van der Waals surface area contributed by atoms with Crippen molar-refractivity contribution >= 4 is 46.6 Å². The molecule has 2 aromatic rings. The van der Waals surface area contributed by atoms with Crippen LogP contribution in [0.2, 0.25) is 0 Å². The molecule has 0 aromatic heterocycles. The van der Waals surface area contributed by atoms with Crippen molar-refractivity contribution in [1.29, 1.82) is 0 Å². The predicted octanol–water partition coefficient (Wildman–Crippen LogP) is 5.12. The molecule has 1 atom stereocenters. The summed E-state index contributed by atoms with van der Waals surface area (Å²) in [6.07, 6.45) is 0. The first-order valence-corrected chi connectivity index (χ1v) is 10.5. The van der Waals surface area contributed by atoms with Gasteiger partial charge in [0.25, 0.3) is 0 Å². The van der Waals surface area contributed by atoms with E-state index in [0.29, 0.717) is 22.7 Å². The lowest BCUT2D eigenvalue weighted by atomic mass is 9.95. The van der Waals surface area contributed by atoms with E-state index in [1.807, 2.05) is 18.2 Å². The van der Waals surface area contributed by atoms with Crippen molar-refractivity contribution in [1.82, 2.24) is 0 Å². The van der Waals surface area contributed by atoms with Gasteiger partial charge in [-0.15, -0.1) is 23.4 Å². The highest BCUT2D eigenvalue weighted by Crippen LogP contribution is 2.42. The Bertz CT molecular complexity index is 919. The molecular weight excluding hydrogens is 399 g/mol. The summed E-state index contributed by atoms with van der Waals surface area (Å²) < 4.78 is 14.0. The molecule has 1 fully saturated rings. The number of carbonyl (C=O) groups is 2.